The van der Waals surface area contributed by atoms with Crippen LogP contribution in [0, 0.1) is 0 Å². The maximum absolute atomic E-state index is 12.3. The number of aromatic nitrogens is 6. The number of carbonyl (C=O) groups excluding carboxylic acids is 4. The quantitative estimate of drug-likeness (QED) is 0.0474. The molecular weight excluding hydrogens is 1480 g/mol. The second-order valence-electron chi connectivity index (χ2n) is 28.2. The number of carbonyl (C=O) groups is 4. The number of phenols is 1. The predicted octanol–water partition coefficient (Wildman–Crippen LogP) is 13.6. The Balaban J connectivity index is 0.000000180. The lowest BCUT2D eigenvalue weighted by Gasteiger charge is -2.33. The maximum Gasteiger partial charge on any atom is 0.410 e. The Labute approximate surface area is 629 Å². The van der Waals surface area contributed by atoms with Crippen LogP contribution in [-0.4, -0.2) is 195 Å². The minimum Gasteiger partial charge on any atom is -0.508 e. The number of benzene rings is 3. The van der Waals surface area contributed by atoms with Crippen LogP contribution in [0.25, 0.3) is 0 Å². The number of hydrogen-bond donors (Lipinski definition) is 1. The van der Waals surface area contributed by atoms with E-state index in [0.717, 1.165) is 51.4 Å². The van der Waals surface area contributed by atoms with Crippen molar-refractivity contribution < 1.29 is 92.2 Å². The molecule has 3 saturated carbocycles. The van der Waals surface area contributed by atoms with Crippen LogP contribution in [0.15, 0.2) is 125 Å². The summed E-state index contributed by atoms with van der Waals surface area (Å²) in [6, 6.07) is 23.1. The average Bonchev–Trinajstić information content (AvgIpc) is 1.65. The third-order valence-electron chi connectivity index (χ3n) is 16.1. The van der Waals surface area contributed by atoms with Crippen molar-refractivity contribution in [2.45, 2.75) is 218 Å². The minimum absolute atomic E-state index is 0.0228. The van der Waals surface area contributed by atoms with E-state index in [-0.39, 0.29) is 70.3 Å². The Bertz CT molecular complexity index is 4240. The molecule has 0 radical (unpaired) electrons. The SMILES string of the molecule is CC(C)(C)OC(=O)N1CCC(Oc2cc(Cl)ncn2)CC1.CC(C)(C)OC(=O)N1CCC(Oc2cc(Oc3ccc(S(=O)(=O)C4CC4)cc3)ncn2)CC1.CC(C)OC(=O)Cl.CC(C)OC(=O)N1CCC(Oc2cc(Oc3ccc(S(=O)(=O)C4CC4)cc3)ncn2)CC1.O=S(=O)(c1ccc(O)cc1)C1CC1. The average molecular weight is 1570 g/mol. The standard InChI is InChI=1S/C23H29N3O6S.C22H27N3O6S.C14H20ClN3O3.C9H10O3S.C4H7ClO2/c1-23(2,3)32-22(27)26-12-10-17(11-13-26)31-21-14-20(24-15-25-21)30-16-4-6-18(7-5-16)33(28,29)19-8-9-19;1-15(2)29-22(26)25-11-9-17(10-12-25)31-21-13-20(23-14-24-21)30-16-3-5-18(6-4-16)32(27,28)19-7-8-19;1-14(2,3)21-13(19)18-6-4-10(5-7-18)20-12-8-11(15)16-9-17-12;10-7-1-3-8(4-2-7)13(11,12)9-5-6-9;1-3(2)7-4(5)6/h4-7,14-15,17,19H,8-13H2,1-3H3;3-6,13-15,17,19H,7-12H2,1-2H3;8-10H,4-7H2,1-3H3;1-4,9-10H,5-6H2;3H,1-2H3. The molecule has 3 aromatic heterocycles. The molecule has 6 aromatic rings. The van der Waals surface area contributed by atoms with Crippen molar-refractivity contribution in [2.24, 2.45) is 0 Å². The van der Waals surface area contributed by atoms with E-state index in [2.05, 4.69) is 34.6 Å². The van der Waals surface area contributed by atoms with Crippen LogP contribution >= 0.6 is 23.2 Å². The third-order valence-corrected chi connectivity index (χ3v) is 23.2. The molecule has 29 nitrogen and oxygen atoms in total. The molecule has 0 atom stereocenters. The Kier molecular flexibility index (Phi) is 29.2. The number of rotatable bonds is 18. The number of sulfone groups is 3. The summed E-state index contributed by atoms with van der Waals surface area (Å²) < 4.78 is 122. The van der Waals surface area contributed by atoms with Crippen molar-refractivity contribution in [1.29, 1.82) is 0 Å². The van der Waals surface area contributed by atoms with Gasteiger partial charge >= 0.3 is 23.7 Å². The summed E-state index contributed by atoms with van der Waals surface area (Å²) in [7, 11) is -9.55. The van der Waals surface area contributed by atoms with Crippen molar-refractivity contribution in [3.63, 3.8) is 0 Å². The van der Waals surface area contributed by atoms with Crippen molar-refractivity contribution in [3.05, 3.63) is 115 Å². The van der Waals surface area contributed by atoms with Crippen molar-refractivity contribution in [2.75, 3.05) is 39.3 Å². The monoisotopic (exact) mass is 1570 g/mol. The molecular formula is C72H93Cl2N9O20S3. The zero-order valence-corrected chi connectivity index (χ0v) is 64.9. The van der Waals surface area contributed by atoms with Gasteiger partial charge in [0.05, 0.1) is 54.8 Å². The molecule has 12 rings (SSSR count). The van der Waals surface area contributed by atoms with Gasteiger partial charge in [-0.1, -0.05) is 11.6 Å². The molecule has 6 aliphatic rings. The number of phenolic OH excluding ortho intramolecular Hbond substituents is 1. The van der Waals surface area contributed by atoms with Gasteiger partial charge in [0.1, 0.15) is 70.9 Å². The minimum atomic E-state index is -3.23. The number of halogens is 2. The van der Waals surface area contributed by atoms with Crippen LogP contribution in [0.5, 0.6) is 46.6 Å². The summed E-state index contributed by atoms with van der Waals surface area (Å²) in [5.41, 5.74) is -1.73. The molecule has 0 unspecified atom stereocenters. The highest BCUT2D eigenvalue weighted by Gasteiger charge is 2.39. The smallest absolute Gasteiger partial charge is 0.410 e. The molecule has 0 bridgehead atoms. The first kappa shape index (κ1) is 83.1. The summed E-state index contributed by atoms with van der Waals surface area (Å²) >= 11 is 10.6. The topological polar surface area (TPSA) is 361 Å². The lowest BCUT2D eigenvalue weighted by atomic mass is 10.1. The second kappa shape index (κ2) is 37.3. The highest BCUT2D eigenvalue weighted by atomic mass is 35.5. The van der Waals surface area contributed by atoms with Crippen LogP contribution < -0.4 is 23.7 Å². The lowest BCUT2D eigenvalue weighted by molar-refractivity contribution is 0.0111. The van der Waals surface area contributed by atoms with Gasteiger partial charge in [0.2, 0.25) is 29.4 Å². The van der Waals surface area contributed by atoms with Crippen molar-refractivity contribution in [3.8, 4) is 46.6 Å². The number of piperidine rings is 3. The highest BCUT2D eigenvalue weighted by Crippen LogP contribution is 2.37. The van der Waals surface area contributed by atoms with Gasteiger partial charge in [-0.05, 0) is 181 Å². The second-order valence-corrected chi connectivity index (χ2v) is 35.5. The number of likely N-dealkylation sites (tertiary alicyclic amines) is 3. The Morgan fingerprint density at radius 3 is 1.00 bits per heavy atom. The van der Waals surface area contributed by atoms with Gasteiger partial charge in [0, 0.05) is 95.5 Å². The molecule has 3 aromatic carbocycles. The number of aromatic hydroxyl groups is 1. The fourth-order valence-corrected chi connectivity index (χ4v) is 15.6. The van der Waals surface area contributed by atoms with E-state index < -0.39 is 46.1 Å². The van der Waals surface area contributed by atoms with Gasteiger partial charge in [0.15, 0.2) is 29.5 Å². The van der Waals surface area contributed by atoms with Crippen LogP contribution in [-0.2, 0) is 48.5 Å². The fourth-order valence-electron chi connectivity index (χ4n) is 10.3. The molecule has 6 fully saturated rings. The lowest BCUT2D eigenvalue weighted by Crippen LogP contribution is -2.44. The summed E-state index contributed by atoms with van der Waals surface area (Å²) in [6.07, 6.45) is 11.4. The van der Waals surface area contributed by atoms with Crippen LogP contribution in [0.4, 0.5) is 19.2 Å². The number of amides is 3. The fraction of sp³-hybridized carbons (Fsp3) is 0.528. The van der Waals surface area contributed by atoms with Gasteiger partial charge in [0.25, 0.3) is 0 Å². The zero-order chi connectivity index (χ0) is 77.2. The molecule has 578 valence electrons. The number of nitrogens with zero attached hydrogens (tertiary/aromatic N) is 9. The van der Waals surface area contributed by atoms with E-state index in [9.17, 15) is 44.4 Å². The van der Waals surface area contributed by atoms with Crippen molar-refractivity contribution >= 4 is 76.4 Å². The number of ether oxygens (including phenoxy) is 9. The van der Waals surface area contributed by atoms with E-state index in [4.69, 9.17) is 66.2 Å². The first-order chi connectivity index (χ1) is 50.0. The maximum atomic E-state index is 12.3. The largest absolute Gasteiger partial charge is 0.508 e. The van der Waals surface area contributed by atoms with Gasteiger partial charge in [-0.25, -0.2) is 74.3 Å². The van der Waals surface area contributed by atoms with Gasteiger partial charge in [-0.2, -0.15) is 0 Å². The highest BCUT2D eigenvalue weighted by molar-refractivity contribution is 7.93. The Morgan fingerprint density at radius 2 is 0.717 bits per heavy atom. The summed E-state index contributed by atoms with van der Waals surface area (Å²) in [4.78, 5) is 76.3. The normalized spacial score (nSPS) is 16.7. The van der Waals surface area contributed by atoms with Gasteiger partial charge < -0.3 is 62.4 Å². The Morgan fingerprint density at radius 1 is 0.425 bits per heavy atom. The van der Waals surface area contributed by atoms with Gasteiger partial charge in [-0.15, -0.1) is 0 Å². The van der Waals surface area contributed by atoms with E-state index in [1.54, 1.807) is 95.3 Å². The Hall–Kier alpha value is -8.59. The zero-order valence-electron chi connectivity index (χ0n) is 60.9. The molecule has 34 heteroatoms. The summed E-state index contributed by atoms with van der Waals surface area (Å²) in [5.74, 6) is 2.85. The molecule has 106 heavy (non-hydrogen) atoms. The molecule has 1 N–H and O–H groups in total. The van der Waals surface area contributed by atoms with E-state index in [1.807, 2.05) is 55.4 Å². The van der Waals surface area contributed by atoms with Crippen LogP contribution in [0.2, 0.25) is 5.15 Å². The predicted molar refractivity (Wildman–Crippen MR) is 390 cm³/mol. The van der Waals surface area contributed by atoms with Crippen LogP contribution in [0.3, 0.4) is 0 Å². The van der Waals surface area contributed by atoms with Crippen molar-refractivity contribution in [1.82, 2.24) is 44.6 Å². The molecule has 3 saturated heterocycles. The molecule has 3 amide bonds. The van der Waals surface area contributed by atoms with Gasteiger partial charge in [-0.3, -0.25) is 0 Å². The summed E-state index contributed by atoms with van der Waals surface area (Å²) in [6.45, 7) is 21.7. The van der Waals surface area contributed by atoms with E-state index >= 15 is 0 Å². The first-order valence-electron chi connectivity index (χ1n) is 34.9. The van der Waals surface area contributed by atoms with E-state index in [0.29, 0.717) is 126 Å². The molecule has 3 aliphatic heterocycles. The molecule has 6 heterocycles. The third kappa shape index (κ3) is 27.3. The number of hydrogen-bond acceptors (Lipinski definition) is 26. The first-order valence-corrected chi connectivity index (χ1v) is 40.3. The van der Waals surface area contributed by atoms with Crippen LogP contribution in [0.1, 0.15) is 146 Å². The molecule has 0 spiro atoms. The summed E-state index contributed by atoms with van der Waals surface area (Å²) in [5, 5.41) is 8.66. The molecule has 3 aliphatic carbocycles. The van der Waals surface area contributed by atoms with E-state index in [1.165, 1.54) is 43.2 Å².